The molecule has 0 bridgehead atoms. The van der Waals surface area contributed by atoms with Crippen LogP contribution in [-0.2, 0) is 7.05 Å². The van der Waals surface area contributed by atoms with Crippen molar-refractivity contribution in [3.05, 3.63) is 12.4 Å². The fourth-order valence-electron chi connectivity index (χ4n) is 2.50. The average Bonchev–Trinajstić information content (AvgIpc) is 2.75. The SMILES string of the molecule is CCS[C@H]1CCC[C@H](NC(=O)Nc2cnn(C)c2)C1. The number of nitrogens with one attached hydrogen (secondary N) is 2. The third-order valence-corrected chi connectivity index (χ3v) is 4.56. The Hall–Kier alpha value is -1.17. The average molecular weight is 282 g/mol. The molecule has 1 fully saturated rings. The van der Waals surface area contributed by atoms with Gasteiger partial charge >= 0.3 is 6.03 Å². The number of rotatable bonds is 4. The van der Waals surface area contributed by atoms with Crippen molar-refractivity contribution >= 4 is 23.5 Å². The summed E-state index contributed by atoms with van der Waals surface area (Å²) in [6, 6.07) is 0.176. The molecule has 2 atom stereocenters. The highest BCUT2D eigenvalue weighted by molar-refractivity contribution is 7.99. The summed E-state index contributed by atoms with van der Waals surface area (Å²) in [5.41, 5.74) is 0.732. The van der Waals surface area contributed by atoms with E-state index in [9.17, 15) is 4.79 Å². The van der Waals surface area contributed by atoms with Crippen LogP contribution in [0.25, 0.3) is 0 Å². The van der Waals surface area contributed by atoms with Crippen LogP contribution >= 0.6 is 11.8 Å². The Labute approximate surface area is 118 Å². The quantitative estimate of drug-likeness (QED) is 0.892. The highest BCUT2D eigenvalue weighted by Crippen LogP contribution is 2.28. The van der Waals surface area contributed by atoms with Crippen LogP contribution in [0.15, 0.2) is 12.4 Å². The van der Waals surface area contributed by atoms with Gasteiger partial charge in [0.15, 0.2) is 0 Å². The smallest absolute Gasteiger partial charge is 0.319 e. The third kappa shape index (κ3) is 4.45. The summed E-state index contributed by atoms with van der Waals surface area (Å²) >= 11 is 2.01. The minimum atomic E-state index is -0.125. The highest BCUT2D eigenvalue weighted by Gasteiger charge is 2.23. The van der Waals surface area contributed by atoms with Gasteiger partial charge in [-0.3, -0.25) is 4.68 Å². The standard InChI is InChI=1S/C13H22N4OS/c1-3-19-12-6-4-5-10(7-12)15-13(18)16-11-8-14-17(2)9-11/h8-10,12H,3-7H2,1-2H3,(H2,15,16,18)/t10-,12-/m0/s1. The Bertz CT molecular complexity index is 419. The molecular formula is C13H22N4OS. The molecule has 19 heavy (non-hydrogen) atoms. The Morgan fingerprint density at radius 1 is 1.58 bits per heavy atom. The van der Waals surface area contributed by atoms with Gasteiger partial charge in [0, 0.05) is 24.5 Å². The number of hydrogen-bond donors (Lipinski definition) is 2. The van der Waals surface area contributed by atoms with Crippen molar-refractivity contribution in [3.63, 3.8) is 0 Å². The maximum Gasteiger partial charge on any atom is 0.319 e. The molecule has 1 saturated carbocycles. The molecule has 2 amide bonds. The molecule has 2 rings (SSSR count). The molecule has 0 radical (unpaired) electrons. The Kier molecular flexibility index (Phi) is 5.13. The molecule has 106 valence electrons. The zero-order valence-corrected chi connectivity index (χ0v) is 12.4. The second kappa shape index (κ2) is 6.84. The van der Waals surface area contributed by atoms with E-state index in [-0.39, 0.29) is 6.03 Å². The van der Waals surface area contributed by atoms with E-state index >= 15 is 0 Å². The summed E-state index contributed by atoms with van der Waals surface area (Å²) in [5.74, 6) is 1.15. The van der Waals surface area contributed by atoms with Crippen LogP contribution in [-0.4, -0.2) is 32.9 Å². The van der Waals surface area contributed by atoms with Gasteiger partial charge in [-0.2, -0.15) is 16.9 Å². The van der Waals surface area contributed by atoms with Gasteiger partial charge in [-0.05, 0) is 25.0 Å². The molecule has 1 aliphatic rings. The third-order valence-electron chi connectivity index (χ3n) is 3.33. The van der Waals surface area contributed by atoms with Gasteiger partial charge in [-0.25, -0.2) is 4.79 Å². The molecule has 0 spiro atoms. The van der Waals surface area contributed by atoms with E-state index in [0.29, 0.717) is 11.3 Å². The summed E-state index contributed by atoms with van der Waals surface area (Å²) in [6.07, 6.45) is 8.09. The van der Waals surface area contributed by atoms with E-state index in [1.807, 2.05) is 18.8 Å². The molecule has 1 aliphatic carbocycles. The molecule has 0 unspecified atom stereocenters. The first kappa shape index (κ1) is 14.2. The number of carbonyl (C=O) groups excluding carboxylic acids is 1. The van der Waals surface area contributed by atoms with Crippen LogP contribution in [0.2, 0.25) is 0 Å². The zero-order valence-electron chi connectivity index (χ0n) is 11.6. The number of urea groups is 1. The summed E-state index contributed by atoms with van der Waals surface area (Å²) in [6.45, 7) is 2.19. The van der Waals surface area contributed by atoms with Crippen molar-refractivity contribution in [1.29, 1.82) is 0 Å². The van der Waals surface area contributed by atoms with Crippen LogP contribution in [0.5, 0.6) is 0 Å². The number of anilines is 1. The van der Waals surface area contributed by atoms with Crippen LogP contribution in [0.4, 0.5) is 10.5 Å². The van der Waals surface area contributed by atoms with E-state index in [1.54, 1.807) is 17.1 Å². The first-order valence-electron chi connectivity index (χ1n) is 6.85. The maximum atomic E-state index is 11.9. The van der Waals surface area contributed by atoms with Crippen LogP contribution < -0.4 is 10.6 Å². The molecule has 2 N–H and O–H groups in total. The number of aryl methyl sites for hydroxylation is 1. The zero-order chi connectivity index (χ0) is 13.7. The van der Waals surface area contributed by atoms with E-state index < -0.39 is 0 Å². The van der Waals surface area contributed by atoms with E-state index in [4.69, 9.17) is 0 Å². The molecule has 6 heteroatoms. The minimum Gasteiger partial charge on any atom is -0.335 e. The topological polar surface area (TPSA) is 59.0 Å². The van der Waals surface area contributed by atoms with E-state index in [2.05, 4.69) is 22.7 Å². The lowest BCUT2D eigenvalue weighted by atomic mass is 9.95. The number of hydrogen-bond acceptors (Lipinski definition) is 3. The summed E-state index contributed by atoms with van der Waals surface area (Å²) in [4.78, 5) is 11.9. The van der Waals surface area contributed by atoms with Crippen molar-refractivity contribution in [1.82, 2.24) is 15.1 Å². The lowest BCUT2D eigenvalue weighted by molar-refractivity contribution is 0.244. The van der Waals surface area contributed by atoms with Gasteiger partial charge in [0.1, 0.15) is 0 Å². The Morgan fingerprint density at radius 2 is 2.42 bits per heavy atom. The Morgan fingerprint density at radius 3 is 3.11 bits per heavy atom. The lowest BCUT2D eigenvalue weighted by Crippen LogP contribution is -2.41. The lowest BCUT2D eigenvalue weighted by Gasteiger charge is -2.29. The molecule has 1 aromatic heterocycles. The van der Waals surface area contributed by atoms with Crippen molar-refractivity contribution in [2.75, 3.05) is 11.1 Å². The van der Waals surface area contributed by atoms with Crippen LogP contribution in [0, 0.1) is 0 Å². The van der Waals surface area contributed by atoms with Crippen molar-refractivity contribution in [2.24, 2.45) is 7.05 Å². The Balaban J connectivity index is 1.78. The maximum absolute atomic E-state index is 11.9. The molecule has 5 nitrogen and oxygen atoms in total. The second-order valence-corrected chi connectivity index (χ2v) is 6.52. The summed E-state index contributed by atoms with van der Waals surface area (Å²) in [5, 5.41) is 10.6. The van der Waals surface area contributed by atoms with Crippen LogP contribution in [0.1, 0.15) is 32.6 Å². The van der Waals surface area contributed by atoms with Gasteiger partial charge < -0.3 is 10.6 Å². The van der Waals surface area contributed by atoms with Crippen molar-refractivity contribution in [3.8, 4) is 0 Å². The molecule has 1 aromatic rings. The molecular weight excluding hydrogens is 260 g/mol. The second-order valence-electron chi connectivity index (χ2n) is 4.94. The van der Waals surface area contributed by atoms with Gasteiger partial charge in [0.25, 0.3) is 0 Å². The number of amides is 2. The molecule has 0 aliphatic heterocycles. The summed E-state index contributed by atoms with van der Waals surface area (Å²) in [7, 11) is 1.83. The number of carbonyl (C=O) groups is 1. The number of nitrogens with zero attached hydrogens (tertiary/aromatic N) is 2. The minimum absolute atomic E-state index is 0.125. The van der Waals surface area contributed by atoms with E-state index in [0.717, 1.165) is 24.3 Å². The van der Waals surface area contributed by atoms with Crippen molar-refractivity contribution in [2.45, 2.75) is 43.9 Å². The van der Waals surface area contributed by atoms with Gasteiger partial charge in [-0.1, -0.05) is 13.3 Å². The number of thioether (sulfide) groups is 1. The molecule has 0 aromatic carbocycles. The highest BCUT2D eigenvalue weighted by atomic mass is 32.2. The fourth-order valence-corrected chi connectivity index (χ4v) is 3.67. The van der Waals surface area contributed by atoms with Crippen molar-refractivity contribution < 1.29 is 4.79 Å². The van der Waals surface area contributed by atoms with Crippen LogP contribution in [0.3, 0.4) is 0 Å². The normalized spacial score (nSPS) is 23.1. The van der Waals surface area contributed by atoms with E-state index in [1.165, 1.54) is 12.8 Å². The van der Waals surface area contributed by atoms with Gasteiger partial charge in [0.2, 0.25) is 0 Å². The fraction of sp³-hybridized carbons (Fsp3) is 0.692. The number of aromatic nitrogens is 2. The largest absolute Gasteiger partial charge is 0.335 e. The van der Waals surface area contributed by atoms with Gasteiger partial charge in [0.05, 0.1) is 11.9 Å². The first-order chi connectivity index (χ1) is 9.17. The monoisotopic (exact) mass is 282 g/mol. The summed E-state index contributed by atoms with van der Waals surface area (Å²) < 4.78 is 1.67. The predicted molar refractivity (Wildman–Crippen MR) is 79.5 cm³/mol. The predicted octanol–water partition coefficient (Wildman–Crippen LogP) is 2.61. The van der Waals surface area contributed by atoms with Gasteiger partial charge in [-0.15, -0.1) is 0 Å². The molecule has 1 heterocycles. The first-order valence-corrected chi connectivity index (χ1v) is 7.90. The molecule has 0 saturated heterocycles.